The summed E-state index contributed by atoms with van der Waals surface area (Å²) in [4.78, 5) is 32.8. The predicted molar refractivity (Wildman–Crippen MR) is 112 cm³/mol. The highest BCUT2D eigenvalue weighted by Gasteiger charge is 2.25. The Bertz CT molecular complexity index is 1100. The zero-order chi connectivity index (χ0) is 19.8. The van der Waals surface area contributed by atoms with E-state index >= 15 is 0 Å². The monoisotopic (exact) mass is 397 g/mol. The number of methoxy groups -OCH3 is 1. The number of aryl methyl sites for hydroxylation is 3. The Labute approximate surface area is 167 Å². The van der Waals surface area contributed by atoms with Gasteiger partial charge < -0.3 is 10.1 Å². The van der Waals surface area contributed by atoms with E-state index < -0.39 is 6.04 Å². The molecule has 28 heavy (non-hydrogen) atoms. The van der Waals surface area contributed by atoms with Gasteiger partial charge >= 0.3 is 0 Å². The van der Waals surface area contributed by atoms with Crippen molar-refractivity contribution in [2.24, 2.45) is 0 Å². The van der Waals surface area contributed by atoms with Crippen LogP contribution in [0.2, 0.25) is 0 Å². The largest absolute Gasteiger partial charge is 0.497 e. The summed E-state index contributed by atoms with van der Waals surface area (Å²) in [5.74, 6) is 1.03. The number of amides is 1. The minimum absolute atomic E-state index is 0.112. The van der Waals surface area contributed by atoms with E-state index in [4.69, 9.17) is 4.74 Å². The summed E-state index contributed by atoms with van der Waals surface area (Å²) >= 11 is 1.63. The number of thiophene rings is 1. The minimum atomic E-state index is -0.661. The van der Waals surface area contributed by atoms with Crippen molar-refractivity contribution >= 4 is 33.1 Å². The standard InChI is InChI=1S/C21H23N3O3S/c1-12(19(25)23-14-8-10-15(27-3)11-9-14)24-13(2)22-20-18(21(24)26)16-6-4-5-7-17(16)28-20/h8-12H,4-7H2,1-3H3,(H,23,25). The molecule has 1 N–H and O–H groups in total. The molecule has 4 rings (SSSR count). The van der Waals surface area contributed by atoms with Crippen molar-refractivity contribution in [3.05, 3.63) is 50.9 Å². The molecule has 146 valence electrons. The Morgan fingerprint density at radius 1 is 1.25 bits per heavy atom. The Kier molecular flexibility index (Phi) is 4.93. The molecule has 2 aromatic heterocycles. The van der Waals surface area contributed by atoms with Gasteiger partial charge in [0.05, 0.1) is 12.5 Å². The number of nitrogens with one attached hydrogen (secondary N) is 1. The highest BCUT2D eigenvalue weighted by atomic mass is 32.1. The van der Waals surface area contributed by atoms with Gasteiger partial charge in [-0.25, -0.2) is 4.98 Å². The number of ether oxygens (including phenoxy) is 1. The maximum atomic E-state index is 13.3. The lowest BCUT2D eigenvalue weighted by Gasteiger charge is -2.18. The molecule has 0 aliphatic heterocycles. The first-order valence-corrected chi connectivity index (χ1v) is 10.3. The minimum Gasteiger partial charge on any atom is -0.497 e. The molecule has 0 fully saturated rings. The van der Waals surface area contributed by atoms with Gasteiger partial charge in [-0.1, -0.05) is 0 Å². The van der Waals surface area contributed by atoms with E-state index in [0.717, 1.165) is 41.8 Å². The van der Waals surface area contributed by atoms with Crippen LogP contribution in [0.3, 0.4) is 0 Å². The lowest BCUT2D eigenvalue weighted by Crippen LogP contribution is -2.34. The van der Waals surface area contributed by atoms with Crippen molar-refractivity contribution in [3.63, 3.8) is 0 Å². The van der Waals surface area contributed by atoms with Crippen LogP contribution in [-0.2, 0) is 17.6 Å². The van der Waals surface area contributed by atoms with Crippen LogP contribution in [0, 0.1) is 6.92 Å². The highest BCUT2D eigenvalue weighted by molar-refractivity contribution is 7.18. The fourth-order valence-electron chi connectivity index (χ4n) is 3.81. The number of hydrogen-bond donors (Lipinski definition) is 1. The van der Waals surface area contributed by atoms with Crippen LogP contribution in [-0.4, -0.2) is 22.6 Å². The average molecular weight is 398 g/mol. The molecule has 0 saturated heterocycles. The molecule has 0 radical (unpaired) electrons. The first-order valence-electron chi connectivity index (χ1n) is 9.48. The molecule has 1 atom stereocenters. The Hall–Kier alpha value is -2.67. The van der Waals surface area contributed by atoms with Crippen molar-refractivity contribution < 1.29 is 9.53 Å². The lowest BCUT2D eigenvalue weighted by molar-refractivity contribution is -0.118. The van der Waals surface area contributed by atoms with Gasteiger partial charge in [0.1, 0.15) is 22.4 Å². The maximum absolute atomic E-state index is 13.3. The summed E-state index contributed by atoms with van der Waals surface area (Å²) in [6, 6.07) is 6.45. The van der Waals surface area contributed by atoms with E-state index in [9.17, 15) is 9.59 Å². The van der Waals surface area contributed by atoms with Gasteiger partial charge in [0, 0.05) is 10.6 Å². The van der Waals surface area contributed by atoms with Gasteiger partial charge in [-0.2, -0.15) is 0 Å². The highest BCUT2D eigenvalue weighted by Crippen LogP contribution is 2.34. The molecule has 1 aliphatic rings. The fraction of sp³-hybridized carbons (Fsp3) is 0.381. The topological polar surface area (TPSA) is 73.2 Å². The summed E-state index contributed by atoms with van der Waals surface area (Å²) in [5, 5.41) is 3.57. The molecular formula is C21H23N3O3S. The molecule has 2 heterocycles. The van der Waals surface area contributed by atoms with Crippen LogP contribution in [0.4, 0.5) is 5.69 Å². The van der Waals surface area contributed by atoms with E-state index in [1.165, 1.54) is 9.44 Å². The molecular weight excluding hydrogens is 374 g/mol. The molecule has 7 heteroatoms. The van der Waals surface area contributed by atoms with Gasteiger partial charge in [-0.3, -0.25) is 14.2 Å². The number of carbonyl (C=O) groups excluding carboxylic acids is 1. The SMILES string of the molecule is COc1ccc(NC(=O)C(C)n2c(C)nc3sc4c(c3c2=O)CCCC4)cc1. The Morgan fingerprint density at radius 2 is 1.96 bits per heavy atom. The van der Waals surface area contributed by atoms with E-state index in [-0.39, 0.29) is 11.5 Å². The van der Waals surface area contributed by atoms with Crippen molar-refractivity contribution in [1.29, 1.82) is 0 Å². The number of anilines is 1. The summed E-state index contributed by atoms with van der Waals surface area (Å²) in [7, 11) is 1.59. The Balaban J connectivity index is 1.69. The molecule has 3 aromatic rings. The van der Waals surface area contributed by atoms with Crippen LogP contribution < -0.4 is 15.6 Å². The quantitative estimate of drug-likeness (QED) is 0.726. The summed E-state index contributed by atoms with van der Waals surface area (Å²) in [6.07, 6.45) is 4.19. The number of rotatable bonds is 4. The summed E-state index contributed by atoms with van der Waals surface area (Å²) in [5.41, 5.74) is 1.69. The van der Waals surface area contributed by atoms with Crippen LogP contribution in [0.25, 0.3) is 10.2 Å². The van der Waals surface area contributed by atoms with Crippen molar-refractivity contribution in [2.45, 2.75) is 45.6 Å². The second-order valence-electron chi connectivity index (χ2n) is 7.12. The van der Waals surface area contributed by atoms with Crippen molar-refractivity contribution in [1.82, 2.24) is 9.55 Å². The van der Waals surface area contributed by atoms with Gasteiger partial charge in [0.25, 0.3) is 5.56 Å². The molecule has 6 nitrogen and oxygen atoms in total. The summed E-state index contributed by atoms with van der Waals surface area (Å²) < 4.78 is 6.65. The zero-order valence-electron chi connectivity index (χ0n) is 16.2. The van der Waals surface area contributed by atoms with Crippen LogP contribution >= 0.6 is 11.3 Å². The molecule has 0 saturated carbocycles. The molecule has 1 unspecified atom stereocenters. The lowest BCUT2D eigenvalue weighted by atomic mass is 9.97. The molecule has 1 amide bonds. The Morgan fingerprint density at radius 3 is 2.68 bits per heavy atom. The number of hydrogen-bond acceptors (Lipinski definition) is 5. The van der Waals surface area contributed by atoms with Crippen LogP contribution in [0.1, 0.15) is 42.1 Å². The predicted octanol–water partition coefficient (Wildman–Crippen LogP) is 3.85. The number of fused-ring (bicyclic) bond motifs is 3. The van der Waals surface area contributed by atoms with Crippen molar-refractivity contribution in [3.8, 4) is 5.75 Å². The third kappa shape index (κ3) is 3.20. The average Bonchev–Trinajstić information content (AvgIpc) is 3.06. The molecule has 1 aromatic carbocycles. The van der Waals surface area contributed by atoms with Crippen LogP contribution in [0.5, 0.6) is 5.75 Å². The third-order valence-corrected chi connectivity index (χ3v) is 6.51. The van der Waals surface area contributed by atoms with E-state index in [0.29, 0.717) is 16.9 Å². The van der Waals surface area contributed by atoms with Crippen LogP contribution in [0.15, 0.2) is 29.1 Å². The third-order valence-electron chi connectivity index (χ3n) is 5.32. The molecule has 0 bridgehead atoms. The number of benzene rings is 1. The zero-order valence-corrected chi connectivity index (χ0v) is 17.1. The van der Waals surface area contributed by atoms with E-state index in [1.807, 2.05) is 0 Å². The van der Waals surface area contributed by atoms with Gasteiger partial charge in [0.15, 0.2) is 0 Å². The van der Waals surface area contributed by atoms with Gasteiger partial charge in [0.2, 0.25) is 5.91 Å². The first kappa shape index (κ1) is 18.7. The molecule has 0 spiro atoms. The molecule has 1 aliphatic carbocycles. The van der Waals surface area contributed by atoms with E-state index in [2.05, 4.69) is 10.3 Å². The number of nitrogens with zero attached hydrogens (tertiary/aromatic N) is 2. The second-order valence-corrected chi connectivity index (χ2v) is 8.20. The van der Waals surface area contributed by atoms with Gasteiger partial charge in [-0.15, -0.1) is 11.3 Å². The summed E-state index contributed by atoms with van der Waals surface area (Å²) in [6.45, 7) is 3.52. The van der Waals surface area contributed by atoms with Gasteiger partial charge in [-0.05, 0) is 69.4 Å². The van der Waals surface area contributed by atoms with E-state index in [1.54, 1.807) is 56.6 Å². The first-order chi connectivity index (χ1) is 13.5. The van der Waals surface area contributed by atoms with Crippen molar-refractivity contribution in [2.75, 3.05) is 12.4 Å². The maximum Gasteiger partial charge on any atom is 0.263 e. The normalized spacial score (nSPS) is 14.5. The number of carbonyl (C=O) groups is 1. The second kappa shape index (κ2) is 7.39. The fourth-order valence-corrected chi connectivity index (χ4v) is 5.11. The smallest absolute Gasteiger partial charge is 0.263 e. The number of aromatic nitrogens is 2.